The van der Waals surface area contributed by atoms with Crippen molar-refractivity contribution in [1.29, 1.82) is 0 Å². The van der Waals surface area contributed by atoms with Gasteiger partial charge in [-0.05, 0) is 69.5 Å². The highest BCUT2D eigenvalue weighted by Crippen LogP contribution is 2.38. The molecule has 0 spiro atoms. The number of likely N-dealkylation sites (tertiary alicyclic amines) is 1. The van der Waals surface area contributed by atoms with Crippen molar-refractivity contribution in [1.82, 2.24) is 4.90 Å². The van der Waals surface area contributed by atoms with Gasteiger partial charge in [-0.25, -0.2) is 0 Å². The van der Waals surface area contributed by atoms with E-state index in [1.165, 1.54) is 38.8 Å². The zero-order chi connectivity index (χ0) is 18.2. The van der Waals surface area contributed by atoms with Crippen LogP contribution >= 0.6 is 0 Å². The Kier molecular flexibility index (Phi) is 6.95. The molecular formula is C22H34N2O2. The fourth-order valence-electron chi connectivity index (χ4n) is 4.14. The maximum absolute atomic E-state index is 12.5. The van der Waals surface area contributed by atoms with E-state index in [1.54, 1.807) is 0 Å². The van der Waals surface area contributed by atoms with Crippen molar-refractivity contribution in [3.8, 4) is 5.75 Å². The summed E-state index contributed by atoms with van der Waals surface area (Å²) in [5.74, 6) is 1.03. The Balaban J connectivity index is 1.38. The third kappa shape index (κ3) is 5.47. The lowest BCUT2D eigenvalue weighted by atomic mass is 9.88. The number of benzene rings is 1. The van der Waals surface area contributed by atoms with E-state index in [0.29, 0.717) is 0 Å². The standard InChI is InChI=1S/C22H34N2O2/c1-22(13-4-5-14-22)21(25)23-19-9-11-20(12-10-19)26-18-8-17-24-15-6-2-3-7-16-24/h9-12H,2-8,13-18H2,1H3,(H,23,25). The monoisotopic (exact) mass is 358 g/mol. The second-order valence-corrected chi connectivity index (χ2v) is 8.20. The van der Waals surface area contributed by atoms with Gasteiger partial charge >= 0.3 is 0 Å². The summed E-state index contributed by atoms with van der Waals surface area (Å²) in [5, 5.41) is 3.07. The Morgan fingerprint density at radius 1 is 1.04 bits per heavy atom. The van der Waals surface area contributed by atoms with Crippen LogP contribution in [0.5, 0.6) is 5.75 Å². The van der Waals surface area contributed by atoms with Gasteiger partial charge in [0.1, 0.15) is 5.75 Å². The van der Waals surface area contributed by atoms with Crippen molar-refractivity contribution in [2.24, 2.45) is 5.41 Å². The largest absolute Gasteiger partial charge is 0.494 e. The van der Waals surface area contributed by atoms with Gasteiger partial charge in [0.2, 0.25) is 5.91 Å². The van der Waals surface area contributed by atoms with Gasteiger partial charge in [-0.1, -0.05) is 32.6 Å². The summed E-state index contributed by atoms with van der Waals surface area (Å²) in [7, 11) is 0. The number of amides is 1. The molecule has 0 bridgehead atoms. The Bertz CT molecular complexity index is 556. The second-order valence-electron chi connectivity index (χ2n) is 8.20. The van der Waals surface area contributed by atoms with Gasteiger partial charge in [0.15, 0.2) is 0 Å². The summed E-state index contributed by atoms with van der Waals surface area (Å²) in [6, 6.07) is 7.80. The number of ether oxygens (including phenoxy) is 1. The maximum atomic E-state index is 12.5. The summed E-state index contributed by atoms with van der Waals surface area (Å²) in [4.78, 5) is 15.0. The van der Waals surface area contributed by atoms with Gasteiger partial charge in [-0.15, -0.1) is 0 Å². The van der Waals surface area contributed by atoms with E-state index in [4.69, 9.17) is 4.74 Å². The molecule has 2 aliphatic rings. The van der Waals surface area contributed by atoms with Crippen molar-refractivity contribution in [2.45, 2.75) is 64.7 Å². The SMILES string of the molecule is CC1(C(=O)Nc2ccc(OCCCN3CCCCCC3)cc2)CCCC1. The van der Waals surface area contributed by atoms with Gasteiger partial charge < -0.3 is 15.0 Å². The van der Waals surface area contributed by atoms with Crippen LogP contribution in [0.4, 0.5) is 5.69 Å². The molecule has 0 aromatic heterocycles. The molecule has 1 aromatic carbocycles. The summed E-state index contributed by atoms with van der Waals surface area (Å²) in [5.41, 5.74) is 0.669. The highest BCUT2D eigenvalue weighted by molar-refractivity contribution is 5.95. The van der Waals surface area contributed by atoms with Crippen LogP contribution in [0.1, 0.15) is 64.7 Å². The number of rotatable bonds is 7. The van der Waals surface area contributed by atoms with Gasteiger partial charge in [0.05, 0.1) is 6.61 Å². The smallest absolute Gasteiger partial charge is 0.230 e. The molecule has 0 radical (unpaired) electrons. The number of carbonyl (C=O) groups excluding carboxylic acids is 1. The molecule has 3 rings (SSSR count). The lowest BCUT2D eigenvalue weighted by Gasteiger charge is -2.22. The Hall–Kier alpha value is -1.55. The number of nitrogens with zero attached hydrogens (tertiary/aromatic N) is 1. The van der Waals surface area contributed by atoms with E-state index in [2.05, 4.69) is 17.1 Å². The first-order chi connectivity index (χ1) is 12.7. The van der Waals surface area contributed by atoms with Crippen molar-refractivity contribution in [2.75, 3.05) is 31.6 Å². The molecule has 1 aliphatic carbocycles. The third-order valence-corrected chi connectivity index (χ3v) is 5.95. The van der Waals surface area contributed by atoms with E-state index >= 15 is 0 Å². The van der Waals surface area contributed by atoms with E-state index in [-0.39, 0.29) is 11.3 Å². The molecule has 1 saturated carbocycles. The van der Waals surface area contributed by atoms with Crippen LogP contribution in [0.25, 0.3) is 0 Å². The highest BCUT2D eigenvalue weighted by atomic mass is 16.5. The Labute approximate surface area is 158 Å². The molecule has 0 atom stereocenters. The quantitative estimate of drug-likeness (QED) is 0.708. The van der Waals surface area contributed by atoms with E-state index in [9.17, 15) is 4.79 Å². The molecule has 2 fully saturated rings. The van der Waals surface area contributed by atoms with Crippen LogP contribution in [-0.4, -0.2) is 37.0 Å². The number of nitrogens with one attached hydrogen (secondary N) is 1. The predicted molar refractivity (Wildman–Crippen MR) is 107 cm³/mol. The van der Waals surface area contributed by atoms with E-state index < -0.39 is 0 Å². The number of hydrogen-bond donors (Lipinski definition) is 1. The topological polar surface area (TPSA) is 41.6 Å². The number of carbonyl (C=O) groups is 1. The summed E-state index contributed by atoms with van der Waals surface area (Å²) >= 11 is 0. The molecule has 4 heteroatoms. The van der Waals surface area contributed by atoms with Crippen LogP contribution in [0.3, 0.4) is 0 Å². The minimum Gasteiger partial charge on any atom is -0.494 e. The molecule has 1 aromatic rings. The first-order valence-corrected chi connectivity index (χ1v) is 10.4. The third-order valence-electron chi connectivity index (χ3n) is 5.95. The van der Waals surface area contributed by atoms with Crippen molar-refractivity contribution >= 4 is 11.6 Å². The second kappa shape index (κ2) is 9.40. The molecule has 4 nitrogen and oxygen atoms in total. The van der Waals surface area contributed by atoms with Crippen LogP contribution in [0.2, 0.25) is 0 Å². The van der Waals surface area contributed by atoms with Crippen LogP contribution in [0.15, 0.2) is 24.3 Å². The van der Waals surface area contributed by atoms with Crippen molar-refractivity contribution < 1.29 is 9.53 Å². The maximum Gasteiger partial charge on any atom is 0.230 e. The Morgan fingerprint density at radius 3 is 2.35 bits per heavy atom. The van der Waals surface area contributed by atoms with E-state index in [1.807, 2.05) is 24.3 Å². The van der Waals surface area contributed by atoms with Gasteiger partial charge in [-0.3, -0.25) is 4.79 Å². The normalized spacial score (nSPS) is 20.5. The number of hydrogen-bond acceptors (Lipinski definition) is 3. The highest BCUT2D eigenvalue weighted by Gasteiger charge is 2.36. The molecule has 1 aliphatic heterocycles. The van der Waals surface area contributed by atoms with Crippen LogP contribution in [-0.2, 0) is 4.79 Å². The molecule has 0 unspecified atom stereocenters. The van der Waals surface area contributed by atoms with Gasteiger partial charge in [0, 0.05) is 17.6 Å². The lowest BCUT2D eigenvalue weighted by molar-refractivity contribution is -0.124. The fourth-order valence-corrected chi connectivity index (χ4v) is 4.14. The molecular weight excluding hydrogens is 324 g/mol. The minimum absolute atomic E-state index is 0.154. The summed E-state index contributed by atoms with van der Waals surface area (Å²) < 4.78 is 5.87. The van der Waals surface area contributed by atoms with Gasteiger partial charge in [-0.2, -0.15) is 0 Å². The number of anilines is 1. The first kappa shape index (κ1) is 19.2. The molecule has 1 saturated heterocycles. The predicted octanol–water partition coefficient (Wildman–Crippen LogP) is 4.85. The molecule has 1 amide bonds. The zero-order valence-corrected chi connectivity index (χ0v) is 16.3. The van der Waals surface area contributed by atoms with Crippen molar-refractivity contribution in [3.05, 3.63) is 24.3 Å². The fraction of sp³-hybridized carbons (Fsp3) is 0.682. The minimum atomic E-state index is -0.192. The Morgan fingerprint density at radius 2 is 1.69 bits per heavy atom. The molecule has 1 N–H and O–H groups in total. The van der Waals surface area contributed by atoms with Crippen molar-refractivity contribution in [3.63, 3.8) is 0 Å². The van der Waals surface area contributed by atoms with E-state index in [0.717, 1.165) is 56.7 Å². The molecule has 144 valence electrons. The average molecular weight is 359 g/mol. The zero-order valence-electron chi connectivity index (χ0n) is 16.3. The molecule has 26 heavy (non-hydrogen) atoms. The van der Waals surface area contributed by atoms with Gasteiger partial charge in [0.25, 0.3) is 0 Å². The lowest BCUT2D eigenvalue weighted by Crippen LogP contribution is -2.30. The van der Waals surface area contributed by atoms with Crippen LogP contribution in [0, 0.1) is 5.41 Å². The average Bonchev–Trinajstić information content (AvgIpc) is 2.94. The first-order valence-electron chi connectivity index (χ1n) is 10.4. The van der Waals surface area contributed by atoms with Crippen LogP contribution < -0.4 is 10.1 Å². The summed E-state index contributed by atoms with van der Waals surface area (Å²) in [6.07, 6.45) is 10.8. The summed E-state index contributed by atoms with van der Waals surface area (Å²) in [6.45, 7) is 6.45. The molecule has 1 heterocycles.